The van der Waals surface area contributed by atoms with Crippen molar-refractivity contribution in [3.63, 3.8) is 0 Å². The number of anilines is 4. The molecule has 2 N–H and O–H groups in total. The van der Waals surface area contributed by atoms with Crippen LogP contribution in [0.3, 0.4) is 0 Å². The van der Waals surface area contributed by atoms with Gasteiger partial charge in [-0.15, -0.1) is 0 Å². The van der Waals surface area contributed by atoms with E-state index in [-0.39, 0.29) is 17.1 Å². The smallest absolute Gasteiger partial charge is 0.299 e. The number of halogens is 1. The van der Waals surface area contributed by atoms with Gasteiger partial charge in [-0.25, -0.2) is 0 Å². The quantitative estimate of drug-likeness (QED) is 0.381. The van der Waals surface area contributed by atoms with Crippen molar-refractivity contribution in [3.8, 4) is 0 Å². The van der Waals surface area contributed by atoms with Gasteiger partial charge in [0.15, 0.2) is 5.69 Å². The van der Waals surface area contributed by atoms with E-state index in [2.05, 4.69) is 26.6 Å². The SMILES string of the molecule is O=[N+]([O-])c1cccc([N+](=O)[O-])c1Nc1cc(Br)ccc1Nc1ccccc1. The summed E-state index contributed by atoms with van der Waals surface area (Å²) in [5.41, 5.74) is 0.925. The number of nitro benzene ring substituents is 2. The summed E-state index contributed by atoms with van der Waals surface area (Å²) >= 11 is 3.35. The lowest BCUT2D eigenvalue weighted by atomic mass is 10.2. The van der Waals surface area contributed by atoms with E-state index in [1.807, 2.05) is 30.3 Å². The third-order valence-electron chi connectivity index (χ3n) is 3.71. The zero-order valence-electron chi connectivity index (χ0n) is 13.8. The van der Waals surface area contributed by atoms with E-state index in [0.29, 0.717) is 15.8 Å². The molecular formula is C18H13BrN4O4. The van der Waals surface area contributed by atoms with Gasteiger partial charge in [0.2, 0.25) is 0 Å². The average Bonchev–Trinajstić information content (AvgIpc) is 2.64. The van der Waals surface area contributed by atoms with Gasteiger partial charge in [0.1, 0.15) is 0 Å². The minimum absolute atomic E-state index is 0.179. The van der Waals surface area contributed by atoms with Crippen LogP contribution in [0.25, 0.3) is 0 Å². The molecule has 8 nitrogen and oxygen atoms in total. The molecule has 0 aromatic heterocycles. The number of benzene rings is 3. The Bertz CT molecular complexity index is 979. The maximum atomic E-state index is 11.3. The van der Waals surface area contributed by atoms with Crippen molar-refractivity contribution in [2.24, 2.45) is 0 Å². The van der Waals surface area contributed by atoms with Crippen LogP contribution in [0, 0.1) is 20.2 Å². The van der Waals surface area contributed by atoms with Gasteiger partial charge in [0.05, 0.1) is 21.2 Å². The highest BCUT2D eigenvalue weighted by molar-refractivity contribution is 9.10. The lowest BCUT2D eigenvalue weighted by Crippen LogP contribution is -2.03. The lowest BCUT2D eigenvalue weighted by molar-refractivity contribution is -0.392. The number of nitro groups is 2. The zero-order valence-corrected chi connectivity index (χ0v) is 15.3. The molecule has 3 aromatic rings. The second-order valence-electron chi connectivity index (χ2n) is 5.49. The summed E-state index contributed by atoms with van der Waals surface area (Å²) in [4.78, 5) is 21.4. The van der Waals surface area contributed by atoms with Crippen LogP contribution in [0.4, 0.5) is 34.1 Å². The molecule has 0 unspecified atom stereocenters. The van der Waals surface area contributed by atoms with E-state index in [1.54, 1.807) is 18.2 Å². The van der Waals surface area contributed by atoms with Crippen molar-refractivity contribution in [2.75, 3.05) is 10.6 Å². The first kappa shape index (κ1) is 18.3. The zero-order chi connectivity index (χ0) is 19.4. The van der Waals surface area contributed by atoms with Crippen LogP contribution in [0.2, 0.25) is 0 Å². The van der Waals surface area contributed by atoms with Crippen molar-refractivity contribution < 1.29 is 9.85 Å². The van der Waals surface area contributed by atoms with Gasteiger partial charge in [-0.3, -0.25) is 20.2 Å². The monoisotopic (exact) mass is 428 g/mol. The predicted molar refractivity (Wildman–Crippen MR) is 107 cm³/mol. The summed E-state index contributed by atoms with van der Waals surface area (Å²) in [6, 6.07) is 18.3. The van der Waals surface area contributed by atoms with E-state index >= 15 is 0 Å². The molecule has 0 saturated heterocycles. The highest BCUT2D eigenvalue weighted by Gasteiger charge is 2.25. The van der Waals surface area contributed by atoms with Crippen LogP contribution in [0.15, 0.2) is 71.2 Å². The molecule has 136 valence electrons. The molecule has 27 heavy (non-hydrogen) atoms. The fourth-order valence-electron chi connectivity index (χ4n) is 2.50. The first-order chi connectivity index (χ1) is 13.0. The first-order valence-corrected chi connectivity index (χ1v) is 8.55. The largest absolute Gasteiger partial charge is 0.354 e. The normalized spacial score (nSPS) is 10.3. The van der Waals surface area contributed by atoms with Crippen molar-refractivity contribution in [2.45, 2.75) is 0 Å². The maximum Gasteiger partial charge on any atom is 0.299 e. The van der Waals surface area contributed by atoms with Gasteiger partial charge in [-0.05, 0) is 36.4 Å². The Morgan fingerprint density at radius 3 is 1.96 bits per heavy atom. The average molecular weight is 429 g/mol. The van der Waals surface area contributed by atoms with Crippen LogP contribution in [-0.2, 0) is 0 Å². The molecule has 0 radical (unpaired) electrons. The lowest BCUT2D eigenvalue weighted by Gasteiger charge is -2.15. The van der Waals surface area contributed by atoms with E-state index in [9.17, 15) is 20.2 Å². The van der Waals surface area contributed by atoms with Crippen molar-refractivity contribution in [3.05, 3.63) is 91.4 Å². The Morgan fingerprint density at radius 2 is 1.37 bits per heavy atom. The summed E-state index contributed by atoms with van der Waals surface area (Å²) in [6.45, 7) is 0. The summed E-state index contributed by atoms with van der Waals surface area (Å²) in [6.07, 6.45) is 0. The number of nitrogens with zero attached hydrogens (tertiary/aromatic N) is 2. The molecule has 0 spiro atoms. The van der Waals surface area contributed by atoms with Gasteiger partial charge in [-0.2, -0.15) is 0 Å². The topological polar surface area (TPSA) is 110 Å². The van der Waals surface area contributed by atoms with Gasteiger partial charge in [0.25, 0.3) is 11.4 Å². The molecule has 0 amide bonds. The Labute approximate surface area is 162 Å². The summed E-state index contributed by atoms with van der Waals surface area (Å²) in [7, 11) is 0. The third kappa shape index (κ3) is 4.21. The van der Waals surface area contributed by atoms with Crippen molar-refractivity contribution >= 4 is 50.1 Å². The summed E-state index contributed by atoms with van der Waals surface area (Å²) in [5, 5.41) is 28.7. The van der Waals surface area contributed by atoms with Gasteiger partial charge in [-0.1, -0.05) is 34.1 Å². The van der Waals surface area contributed by atoms with Crippen LogP contribution in [-0.4, -0.2) is 9.85 Å². The minimum Gasteiger partial charge on any atom is -0.354 e. The van der Waals surface area contributed by atoms with E-state index < -0.39 is 9.85 Å². The fraction of sp³-hybridized carbons (Fsp3) is 0. The molecule has 0 heterocycles. The molecule has 0 aliphatic carbocycles. The standard InChI is InChI=1S/C18H13BrN4O4/c19-12-9-10-14(20-13-5-2-1-3-6-13)15(11-12)21-18-16(22(24)25)7-4-8-17(18)23(26)27/h1-11,20-21H. The van der Waals surface area contributed by atoms with Crippen molar-refractivity contribution in [1.82, 2.24) is 0 Å². The molecule has 0 saturated carbocycles. The molecule has 0 aliphatic rings. The van der Waals surface area contributed by atoms with Crippen LogP contribution < -0.4 is 10.6 Å². The van der Waals surface area contributed by atoms with Crippen LogP contribution >= 0.6 is 15.9 Å². The highest BCUT2D eigenvalue weighted by atomic mass is 79.9. The van der Waals surface area contributed by atoms with Crippen LogP contribution in [0.5, 0.6) is 0 Å². The molecule has 3 aromatic carbocycles. The number of para-hydroxylation sites is 2. The molecule has 0 fully saturated rings. The fourth-order valence-corrected chi connectivity index (χ4v) is 2.86. The molecule has 0 atom stereocenters. The summed E-state index contributed by atoms with van der Waals surface area (Å²) < 4.78 is 0.713. The third-order valence-corrected chi connectivity index (χ3v) is 4.20. The molecular weight excluding hydrogens is 416 g/mol. The molecule has 3 rings (SSSR count). The second kappa shape index (κ2) is 7.83. The number of rotatable bonds is 6. The number of hydrogen-bond donors (Lipinski definition) is 2. The molecule has 0 aliphatic heterocycles. The Morgan fingerprint density at radius 1 is 0.741 bits per heavy atom. The van der Waals surface area contributed by atoms with Gasteiger partial charge >= 0.3 is 0 Å². The Kier molecular flexibility index (Phi) is 5.32. The number of nitrogens with one attached hydrogen (secondary N) is 2. The van der Waals surface area contributed by atoms with E-state index in [1.165, 1.54) is 18.2 Å². The Hall–Kier alpha value is -3.46. The van der Waals surface area contributed by atoms with Crippen molar-refractivity contribution in [1.29, 1.82) is 0 Å². The molecule has 9 heteroatoms. The van der Waals surface area contributed by atoms with Gasteiger partial charge in [0, 0.05) is 22.3 Å². The van der Waals surface area contributed by atoms with E-state index in [4.69, 9.17) is 0 Å². The Balaban J connectivity index is 2.07. The minimum atomic E-state index is -0.655. The molecule has 0 bridgehead atoms. The van der Waals surface area contributed by atoms with Gasteiger partial charge < -0.3 is 10.6 Å². The second-order valence-corrected chi connectivity index (χ2v) is 6.41. The summed E-state index contributed by atoms with van der Waals surface area (Å²) in [5.74, 6) is 0. The maximum absolute atomic E-state index is 11.3. The number of hydrogen-bond acceptors (Lipinski definition) is 6. The van der Waals surface area contributed by atoms with Crippen LogP contribution in [0.1, 0.15) is 0 Å². The highest BCUT2D eigenvalue weighted by Crippen LogP contribution is 2.39. The van der Waals surface area contributed by atoms with E-state index in [0.717, 1.165) is 5.69 Å². The predicted octanol–water partition coefficient (Wildman–Crippen LogP) is 5.75. The first-order valence-electron chi connectivity index (χ1n) is 7.76.